The standard InChI is InChI=1S/2CH2I2/c2*2-1-3/h2*1H2. The number of halogens is 4. The first kappa shape index (κ1) is 11.7. The summed E-state index contributed by atoms with van der Waals surface area (Å²) in [6.45, 7) is 0. The molecule has 0 aliphatic rings. The Bertz CT molecular complexity index is 7.51. The summed E-state index contributed by atoms with van der Waals surface area (Å²) in [6, 6.07) is 0. The van der Waals surface area contributed by atoms with E-state index in [2.05, 4.69) is 90.4 Å². The van der Waals surface area contributed by atoms with E-state index in [4.69, 9.17) is 0 Å². The highest BCUT2D eigenvalue weighted by atomic mass is 127. The van der Waals surface area contributed by atoms with Crippen LogP contribution < -0.4 is 0 Å². The molecule has 0 fully saturated rings. The second kappa shape index (κ2) is 15.7. The van der Waals surface area contributed by atoms with Crippen molar-refractivity contribution in [2.24, 2.45) is 0 Å². The second-order valence-electron chi connectivity index (χ2n) is 0.202. The van der Waals surface area contributed by atoms with Gasteiger partial charge in [0, 0.05) is 0 Å². The molecule has 0 N–H and O–H groups in total. The van der Waals surface area contributed by atoms with Crippen LogP contribution in [0.5, 0.6) is 0 Å². The Kier molecular flexibility index (Phi) is 30.5. The third-order valence-corrected chi connectivity index (χ3v) is 0. The number of alkyl halides is 4. The van der Waals surface area contributed by atoms with Gasteiger partial charge in [0.1, 0.15) is 0 Å². The molecule has 0 aliphatic heterocycles. The van der Waals surface area contributed by atoms with Crippen LogP contribution in [0.4, 0.5) is 0 Å². The lowest BCUT2D eigenvalue weighted by molar-refractivity contribution is 2.58. The van der Waals surface area contributed by atoms with Crippen LogP contribution in [0.25, 0.3) is 0 Å². The topological polar surface area (TPSA) is 0 Å². The fourth-order valence-electron chi connectivity index (χ4n) is 0. The Morgan fingerprint density at radius 2 is 0.667 bits per heavy atom. The molecule has 0 aromatic heterocycles. The normalized spacial score (nSPS) is 6.00. The van der Waals surface area contributed by atoms with Gasteiger partial charge in [-0.25, -0.2) is 0 Å². The third-order valence-electron chi connectivity index (χ3n) is 0. The Morgan fingerprint density at radius 1 is 0.667 bits per heavy atom. The van der Waals surface area contributed by atoms with E-state index in [1.165, 1.54) is 4.87 Å². The molecule has 0 unspecified atom stereocenters. The molecule has 0 bridgehead atoms. The molecular formula is C2H4I4. The Morgan fingerprint density at radius 3 is 0.667 bits per heavy atom. The van der Waals surface area contributed by atoms with Crippen LogP contribution in [0.3, 0.4) is 0 Å². The molecule has 0 aromatic rings. The van der Waals surface area contributed by atoms with E-state index in [9.17, 15) is 0 Å². The van der Waals surface area contributed by atoms with Crippen molar-refractivity contribution in [1.82, 2.24) is 0 Å². The minimum atomic E-state index is 1.19. The summed E-state index contributed by atoms with van der Waals surface area (Å²) in [5.74, 6) is 0. The molecule has 4 heteroatoms. The van der Waals surface area contributed by atoms with Crippen LogP contribution in [-0.2, 0) is 0 Å². The highest BCUT2D eigenvalue weighted by Crippen LogP contribution is 1.86. The third kappa shape index (κ3) is 28.4. The Balaban J connectivity index is 0. The van der Waals surface area contributed by atoms with E-state index in [0.717, 1.165) is 0 Å². The molecule has 0 aromatic carbocycles. The number of hydrogen-bond donors (Lipinski definition) is 0. The van der Waals surface area contributed by atoms with Crippen molar-refractivity contribution in [1.29, 1.82) is 0 Å². The van der Waals surface area contributed by atoms with Crippen LogP contribution in [0.1, 0.15) is 0 Å². The van der Waals surface area contributed by atoms with Gasteiger partial charge in [0.05, 0.1) is 4.87 Å². The van der Waals surface area contributed by atoms with E-state index >= 15 is 0 Å². The lowest BCUT2D eigenvalue weighted by Crippen LogP contribution is -1.17. The summed E-state index contributed by atoms with van der Waals surface area (Å²) >= 11 is 9.10. The van der Waals surface area contributed by atoms with Crippen LogP contribution in [0.15, 0.2) is 0 Å². The lowest BCUT2D eigenvalue weighted by Gasteiger charge is -1.43. The van der Waals surface area contributed by atoms with Crippen molar-refractivity contribution in [3.05, 3.63) is 0 Å². The molecule has 0 radical (unpaired) electrons. The van der Waals surface area contributed by atoms with Gasteiger partial charge in [-0.3, -0.25) is 0 Å². The van der Waals surface area contributed by atoms with Crippen molar-refractivity contribution in [2.45, 2.75) is 0 Å². The van der Waals surface area contributed by atoms with Crippen molar-refractivity contribution in [3.63, 3.8) is 0 Å². The van der Waals surface area contributed by atoms with Crippen molar-refractivity contribution < 1.29 is 0 Å². The molecular weight excluding hydrogens is 532 g/mol. The average molecular weight is 536 g/mol. The van der Waals surface area contributed by atoms with E-state index in [-0.39, 0.29) is 0 Å². The van der Waals surface area contributed by atoms with Gasteiger partial charge in [-0.15, -0.1) is 0 Å². The molecule has 0 nitrogen and oxygen atoms in total. The molecule has 40 valence electrons. The van der Waals surface area contributed by atoms with E-state index in [1.54, 1.807) is 0 Å². The molecule has 0 saturated carbocycles. The Hall–Kier alpha value is 2.92. The van der Waals surface area contributed by atoms with Gasteiger partial charge in [0.25, 0.3) is 0 Å². The first-order valence-electron chi connectivity index (χ1n) is 1.07. The van der Waals surface area contributed by atoms with Gasteiger partial charge >= 0.3 is 0 Å². The number of rotatable bonds is 0. The Labute approximate surface area is 93.2 Å². The quantitative estimate of drug-likeness (QED) is 0.328. The highest BCUT2D eigenvalue weighted by Gasteiger charge is 1.41. The van der Waals surface area contributed by atoms with Gasteiger partial charge in [0.2, 0.25) is 0 Å². The summed E-state index contributed by atoms with van der Waals surface area (Å²) in [6.07, 6.45) is 0. The van der Waals surface area contributed by atoms with E-state index in [1.807, 2.05) is 0 Å². The molecule has 0 heterocycles. The van der Waals surface area contributed by atoms with Crippen molar-refractivity contribution >= 4 is 90.4 Å². The number of hydrogen-bond acceptors (Lipinski definition) is 0. The molecule has 0 amide bonds. The second-order valence-corrected chi connectivity index (χ2v) is 9.09. The van der Waals surface area contributed by atoms with Crippen molar-refractivity contribution in [3.8, 4) is 0 Å². The monoisotopic (exact) mass is 536 g/mol. The average Bonchev–Trinajstić information content (AvgIpc) is 1.39. The van der Waals surface area contributed by atoms with Crippen LogP contribution in [-0.4, -0.2) is 4.87 Å². The summed E-state index contributed by atoms with van der Waals surface area (Å²) in [4.78, 5) is 0. The molecule has 6 heavy (non-hydrogen) atoms. The van der Waals surface area contributed by atoms with Gasteiger partial charge in [-0.1, -0.05) is 90.4 Å². The summed E-state index contributed by atoms with van der Waals surface area (Å²) in [5, 5.41) is 0. The van der Waals surface area contributed by atoms with Gasteiger partial charge < -0.3 is 0 Å². The van der Waals surface area contributed by atoms with Gasteiger partial charge in [-0.2, -0.15) is 0 Å². The molecule has 0 saturated heterocycles. The minimum Gasteiger partial charge on any atom is -0.0748 e. The SMILES string of the molecule is ICI.ICI. The first-order valence-corrected chi connectivity index (χ1v) is 7.17. The molecule has 0 rings (SSSR count). The predicted molar refractivity (Wildman–Crippen MR) is 65.8 cm³/mol. The fraction of sp³-hybridized carbons (Fsp3) is 1.00. The summed E-state index contributed by atoms with van der Waals surface area (Å²) < 4.78 is 2.38. The zero-order chi connectivity index (χ0) is 5.41. The zero-order valence-electron chi connectivity index (χ0n) is 2.93. The fourth-order valence-corrected chi connectivity index (χ4v) is 0. The smallest absolute Gasteiger partial charge is 0.0516 e. The minimum absolute atomic E-state index is 1.19. The maximum Gasteiger partial charge on any atom is 0.0516 e. The van der Waals surface area contributed by atoms with Gasteiger partial charge in [0.15, 0.2) is 0 Å². The molecule has 0 aliphatic carbocycles. The highest BCUT2D eigenvalue weighted by molar-refractivity contribution is 14.2. The van der Waals surface area contributed by atoms with E-state index < -0.39 is 0 Å². The van der Waals surface area contributed by atoms with E-state index in [0.29, 0.717) is 0 Å². The first-order chi connectivity index (χ1) is 2.83. The van der Waals surface area contributed by atoms with Crippen molar-refractivity contribution in [2.75, 3.05) is 4.87 Å². The lowest BCUT2D eigenvalue weighted by atomic mass is 12.0. The van der Waals surface area contributed by atoms with Crippen LogP contribution in [0, 0.1) is 0 Å². The zero-order valence-corrected chi connectivity index (χ0v) is 11.6. The molecule has 0 atom stereocenters. The summed E-state index contributed by atoms with van der Waals surface area (Å²) in [7, 11) is 0. The maximum atomic E-state index is 2.28. The van der Waals surface area contributed by atoms with Gasteiger partial charge in [-0.05, 0) is 0 Å². The maximum absolute atomic E-state index is 2.28. The largest absolute Gasteiger partial charge is 0.0748 e. The van der Waals surface area contributed by atoms with Crippen LogP contribution in [0.2, 0.25) is 0 Å². The van der Waals surface area contributed by atoms with Crippen LogP contribution >= 0.6 is 90.4 Å². The predicted octanol–water partition coefficient (Wildman–Crippen LogP) is 3.63. The summed E-state index contributed by atoms with van der Waals surface area (Å²) in [5.41, 5.74) is 0. The molecule has 0 spiro atoms.